The number of rotatable bonds is 6. The van der Waals surface area contributed by atoms with Gasteiger partial charge in [0, 0.05) is 27.2 Å². The van der Waals surface area contributed by atoms with Gasteiger partial charge in [-0.05, 0) is 25.9 Å². The maximum atomic E-state index is 11.8. The van der Waals surface area contributed by atoms with Crippen LogP contribution in [0.25, 0.3) is 0 Å². The number of hydrogen-bond donors (Lipinski definition) is 2. The normalized spacial score (nSPS) is 21.1. The molecular weight excluding hydrogens is 250 g/mol. The molecule has 2 atom stereocenters. The number of methoxy groups -OCH3 is 1. The van der Waals surface area contributed by atoms with Gasteiger partial charge in [-0.2, -0.15) is 0 Å². The van der Waals surface area contributed by atoms with Crippen molar-refractivity contribution in [2.45, 2.75) is 12.5 Å². The summed E-state index contributed by atoms with van der Waals surface area (Å²) in [5.74, 6) is -0.596. The third-order valence-electron chi connectivity index (χ3n) is 3.37. The second kappa shape index (κ2) is 7.30. The molecule has 1 rings (SSSR count). The molecule has 7 nitrogen and oxygen atoms in total. The average Bonchev–Trinajstić information content (AvgIpc) is 2.74. The minimum Gasteiger partial charge on any atom is -0.479 e. The Bertz CT molecular complexity index is 324. The van der Waals surface area contributed by atoms with E-state index < -0.39 is 12.1 Å². The topological polar surface area (TPSA) is 82.1 Å². The predicted octanol–water partition coefficient (Wildman–Crippen LogP) is -0.321. The number of urea groups is 1. The standard InChI is InChI=1S/C12H23N3O4/c1-14-5-4-9(7-14)8-15(2)12(18)13-6-10(19-3)11(16)17/h9-10H,4-8H2,1-3H3,(H,13,18)(H,16,17). The Labute approximate surface area is 113 Å². The minimum absolute atomic E-state index is 0.0282. The molecule has 19 heavy (non-hydrogen) atoms. The first-order valence-electron chi connectivity index (χ1n) is 6.37. The number of carbonyl (C=O) groups is 2. The summed E-state index contributed by atoms with van der Waals surface area (Å²) < 4.78 is 4.75. The molecular formula is C12H23N3O4. The van der Waals surface area contributed by atoms with Crippen LogP contribution in [0.5, 0.6) is 0 Å². The highest BCUT2D eigenvalue weighted by Crippen LogP contribution is 2.14. The van der Waals surface area contributed by atoms with E-state index in [0.717, 1.165) is 19.5 Å². The van der Waals surface area contributed by atoms with Crippen LogP contribution < -0.4 is 5.32 Å². The van der Waals surface area contributed by atoms with Crippen molar-refractivity contribution in [1.29, 1.82) is 0 Å². The summed E-state index contributed by atoms with van der Waals surface area (Å²) in [5, 5.41) is 11.4. The zero-order valence-electron chi connectivity index (χ0n) is 11.8. The smallest absolute Gasteiger partial charge is 0.334 e. The Kier molecular flexibility index (Phi) is 6.04. The highest BCUT2D eigenvalue weighted by atomic mass is 16.5. The van der Waals surface area contributed by atoms with Gasteiger partial charge in [-0.25, -0.2) is 9.59 Å². The molecule has 2 unspecified atom stereocenters. The van der Waals surface area contributed by atoms with Crippen LogP contribution in [0.1, 0.15) is 6.42 Å². The summed E-state index contributed by atoms with van der Waals surface area (Å²) in [6.07, 6.45) is 0.0826. The maximum Gasteiger partial charge on any atom is 0.334 e. The van der Waals surface area contributed by atoms with Crippen molar-refractivity contribution in [2.75, 3.05) is 47.4 Å². The summed E-state index contributed by atoms with van der Waals surface area (Å²) in [7, 11) is 5.09. The molecule has 1 aliphatic heterocycles. The molecule has 0 saturated carbocycles. The van der Waals surface area contributed by atoms with Crippen molar-refractivity contribution in [2.24, 2.45) is 5.92 Å². The second-order valence-corrected chi connectivity index (χ2v) is 5.05. The van der Waals surface area contributed by atoms with Gasteiger partial charge in [0.25, 0.3) is 0 Å². The molecule has 0 bridgehead atoms. The third-order valence-corrected chi connectivity index (χ3v) is 3.37. The average molecular weight is 273 g/mol. The van der Waals surface area contributed by atoms with Gasteiger partial charge >= 0.3 is 12.0 Å². The van der Waals surface area contributed by atoms with Crippen LogP contribution in [0.15, 0.2) is 0 Å². The number of carboxylic acids is 1. The fraction of sp³-hybridized carbons (Fsp3) is 0.833. The van der Waals surface area contributed by atoms with E-state index in [2.05, 4.69) is 17.3 Å². The largest absolute Gasteiger partial charge is 0.479 e. The highest BCUT2D eigenvalue weighted by molar-refractivity contribution is 5.76. The number of aliphatic carboxylic acids is 1. The van der Waals surface area contributed by atoms with E-state index in [0.29, 0.717) is 12.5 Å². The Morgan fingerprint density at radius 3 is 2.74 bits per heavy atom. The summed E-state index contributed by atoms with van der Waals surface area (Å²) in [6, 6.07) is -0.266. The number of likely N-dealkylation sites (tertiary alicyclic amines) is 1. The van der Waals surface area contributed by atoms with Gasteiger partial charge in [-0.15, -0.1) is 0 Å². The lowest BCUT2D eigenvalue weighted by Gasteiger charge is -2.22. The lowest BCUT2D eigenvalue weighted by molar-refractivity contribution is -0.148. The van der Waals surface area contributed by atoms with Crippen molar-refractivity contribution < 1.29 is 19.4 Å². The molecule has 0 aromatic carbocycles. The van der Waals surface area contributed by atoms with Gasteiger partial charge in [0.1, 0.15) is 0 Å². The number of nitrogens with zero attached hydrogens (tertiary/aromatic N) is 2. The van der Waals surface area contributed by atoms with Crippen molar-refractivity contribution >= 4 is 12.0 Å². The summed E-state index contributed by atoms with van der Waals surface area (Å²) in [4.78, 5) is 26.4. The first-order chi connectivity index (χ1) is 8.93. The molecule has 0 aromatic rings. The quantitative estimate of drug-likeness (QED) is 0.693. The molecule has 1 fully saturated rings. The SMILES string of the molecule is COC(CNC(=O)N(C)CC1CCN(C)C1)C(=O)O. The van der Waals surface area contributed by atoms with E-state index in [4.69, 9.17) is 9.84 Å². The predicted molar refractivity (Wildman–Crippen MR) is 70.1 cm³/mol. The number of carboxylic acid groups (broad SMARTS) is 1. The van der Waals surface area contributed by atoms with E-state index in [9.17, 15) is 9.59 Å². The van der Waals surface area contributed by atoms with Crippen LogP contribution in [-0.2, 0) is 9.53 Å². The van der Waals surface area contributed by atoms with Gasteiger partial charge in [-0.1, -0.05) is 0 Å². The van der Waals surface area contributed by atoms with Crippen LogP contribution in [0.2, 0.25) is 0 Å². The molecule has 0 aliphatic carbocycles. The maximum absolute atomic E-state index is 11.8. The summed E-state index contributed by atoms with van der Waals surface area (Å²) >= 11 is 0. The third kappa shape index (κ3) is 5.04. The fourth-order valence-corrected chi connectivity index (χ4v) is 2.23. The summed E-state index contributed by atoms with van der Waals surface area (Å²) in [5.41, 5.74) is 0. The van der Waals surface area contributed by atoms with Gasteiger partial charge in [-0.3, -0.25) is 0 Å². The zero-order valence-corrected chi connectivity index (χ0v) is 11.8. The van der Waals surface area contributed by atoms with Crippen molar-refractivity contribution in [3.05, 3.63) is 0 Å². The minimum atomic E-state index is -1.08. The molecule has 2 amide bonds. The number of ether oxygens (including phenoxy) is 1. The number of carbonyl (C=O) groups excluding carboxylic acids is 1. The van der Waals surface area contributed by atoms with Gasteiger partial charge in [0.05, 0.1) is 6.54 Å². The molecule has 0 spiro atoms. The van der Waals surface area contributed by atoms with Crippen molar-refractivity contribution in [1.82, 2.24) is 15.1 Å². The van der Waals surface area contributed by atoms with Crippen molar-refractivity contribution in [3.63, 3.8) is 0 Å². The molecule has 2 N–H and O–H groups in total. The number of nitrogens with one attached hydrogen (secondary N) is 1. The van der Waals surface area contributed by atoms with Gasteiger partial charge < -0.3 is 25.0 Å². The Morgan fingerprint density at radius 1 is 1.58 bits per heavy atom. The summed E-state index contributed by atoms with van der Waals surface area (Å²) in [6.45, 7) is 2.71. The lowest BCUT2D eigenvalue weighted by Crippen LogP contribution is -2.45. The van der Waals surface area contributed by atoms with E-state index in [1.54, 1.807) is 11.9 Å². The van der Waals surface area contributed by atoms with Crippen LogP contribution in [0, 0.1) is 5.92 Å². The van der Waals surface area contributed by atoms with Gasteiger partial charge in [0.15, 0.2) is 6.10 Å². The van der Waals surface area contributed by atoms with Gasteiger partial charge in [0.2, 0.25) is 0 Å². The molecule has 0 radical (unpaired) electrons. The van der Waals surface area contributed by atoms with E-state index >= 15 is 0 Å². The molecule has 1 saturated heterocycles. The second-order valence-electron chi connectivity index (χ2n) is 5.05. The first kappa shape index (κ1) is 15.7. The lowest BCUT2D eigenvalue weighted by atomic mass is 10.1. The van der Waals surface area contributed by atoms with E-state index in [-0.39, 0.29) is 12.6 Å². The monoisotopic (exact) mass is 273 g/mol. The molecule has 110 valence electrons. The van der Waals surface area contributed by atoms with E-state index in [1.807, 2.05) is 0 Å². The Morgan fingerprint density at radius 2 is 2.26 bits per heavy atom. The first-order valence-corrected chi connectivity index (χ1v) is 6.37. The number of amides is 2. The zero-order chi connectivity index (χ0) is 14.4. The van der Waals surface area contributed by atoms with Crippen LogP contribution in [0.3, 0.4) is 0 Å². The molecule has 0 aromatic heterocycles. The highest BCUT2D eigenvalue weighted by Gasteiger charge is 2.23. The van der Waals surface area contributed by atoms with Crippen LogP contribution in [-0.4, -0.2) is 80.4 Å². The van der Waals surface area contributed by atoms with Crippen LogP contribution in [0.4, 0.5) is 4.79 Å². The van der Waals surface area contributed by atoms with Crippen LogP contribution >= 0.6 is 0 Å². The molecule has 7 heteroatoms. The Balaban J connectivity index is 2.30. The van der Waals surface area contributed by atoms with E-state index in [1.165, 1.54) is 7.11 Å². The van der Waals surface area contributed by atoms with Crippen molar-refractivity contribution in [3.8, 4) is 0 Å². The Hall–Kier alpha value is -1.34. The number of hydrogen-bond acceptors (Lipinski definition) is 4. The molecule has 1 heterocycles. The molecule has 1 aliphatic rings. The fourth-order valence-electron chi connectivity index (χ4n) is 2.23.